The van der Waals surface area contributed by atoms with Crippen molar-refractivity contribution < 1.29 is 14.3 Å². The van der Waals surface area contributed by atoms with Gasteiger partial charge in [0.1, 0.15) is 12.3 Å². The van der Waals surface area contributed by atoms with Crippen molar-refractivity contribution in [3.63, 3.8) is 0 Å². The van der Waals surface area contributed by atoms with Crippen molar-refractivity contribution in [1.29, 1.82) is 0 Å². The van der Waals surface area contributed by atoms with Crippen molar-refractivity contribution in [1.82, 2.24) is 20.3 Å². The number of methoxy groups -OCH3 is 1. The number of carbonyl (C=O) groups excluding carboxylic acids is 2. The predicted molar refractivity (Wildman–Crippen MR) is 86.7 cm³/mol. The number of aryl methyl sites for hydroxylation is 1. The Balaban J connectivity index is 1.60. The van der Waals surface area contributed by atoms with Gasteiger partial charge >= 0.3 is 0 Å². The van der Waals surface area contributed by atoms with Gasteiger partial charge in [-0.25, -0.2) is 4.68 Å². The van der Waals surface area contributed by atoms with Crippen LogP contribution in [0.25, 0.3) is 0 Å². The maximum Gasteiger partial charge on any atom is 0.242 e. The van der Waals surface area contributed by atoms with Gasteiger partial charge in [0.15, 0.2) is 0 Å². The van der Waals surface area contributed by atoms with Gasteiger partial charge in [-0.15, -0.1) is 5.10 Å². The van der Waals surface area contributed by atoms with Gasteiger partial charge in [-0.1, -0.05) is 11.3 Å². The molecular weight excluding hydrogens is 310 g/mol. The molecule has 1 fully saturated rings. The average molecular weight is 329 g/mol. The fourth-order valence-corrected chi connectivity index (χ4v) is 2.73. The summed E-state index contributed by atoms with van der Waals surface area (Å²) >= 11 is 0. The number of carbonyl (C=O) groups is 2. The number of nitrogens with one attached hydrogen (secondary N) is 1. The SMILES string of the molecule is COc1cccc(N2CC(NC(=O)Cn3cc(C)nn3)CC2=O)c1. The number of anilines is 1. The predicted octanol–water partition coefficient (Wildman–Crippen LogP) is 0.517. The highest BCUT2D eigenvalue weighted by molar-refractivity contribution is 5.97. The van der Waals surface area contributed by atoms with Gasteiger partial charge in [-0.2, -0.15) is 0 Å². The lowest BCUT2D eigenvalue weighted by Crippen LogP contribution is -2.39. The van der Waals surface area contributed by atoms with Crippen LogP contribution in [0.4, 0.5) is 5.69 Å². The molecule has 1 aromatic carbocycles. The summed E-state index contributed by atoms with van der Waals surface area (Å²) < 4.78 is 6.66. The molecule has 8 nitrogen and oxygen atoms in total. The van der Waals surface area contributed by atoms with Gasteiger partial charge in [-0.05, 0) is 19.1 Å². The zero-order valence-electron chi connectivity index (χ0n) is 13.6. The quantitative estimate of drug-likeness (QED) is 0.864. The minimum atomic E-state index is -0.221. The maximum absolute atomic E-state index is 12.2. The topological polar surface area (TPSA) is 89.3 Å². The standard InChI is InChI=1S/C16H19N5O3/c1-11-8-20(19-18-11)10-15(22)17-12-6-16(23)21(9-12)13-4-3-5-14(7-13)24-2/h3-5,7-8,12H,6,9-10H2,1-2H3,(H,17,22). The zero-order valence-corrected chi connectivity index (χ0v) is 13.6. The third kappa shape index (κ3) is 3.53. The van der Waals surface area contributed by atoms with Gasteiger partial charge in [0.05, 0.1) is 18.8 Å². The van der Waals surface area contributed by atoms with Crippen LogP contribution in [-0.2, 0) is 16.1 Å². The molecule has 0 radical (unpaired) electrons. The van der Waals surface area contributed by atoms with Gasteiger partial charge in [-0.3, -0.25) is 9.59 Å². The molecule has 1 N–H and O–H groups in total. The molecule has 0 saturated carbocycles. The first-order valence-electron chi connectivity index (χ1n) is 7.65. The third-order valence-electron chi connectivity index (χ3n) is 3.81. The summed E-state index contributed by atoms with van der Waals surface area (Å²) in [6.07, 6.45) is 1.97. The number of ether oxygens (including phenoxy) is 1. The van der Waals surface area contributed by atoms with Crippen LogP contribution in [0.1, 0.15) is 12.1 Å². The Morgan fingerprint density at radius 2 is 2.29 bits per heavy atom. The summed E-state index contributed by atoms with van der Waals surface area (Å²) in [5.74, 6) is 0.477. The fraction of sp³-hybridized carbons (Fsp3) is 0.375. The van der Waals surface area contributed by atoms with Crippen LogP contribution in [0.15, 0.2) is 30.5 Å². The Hall–Kier alpha value is -2.90. The lowest BCUT2D eigenvalue weighted by atomic mass is 10.2. The molecular formula is C16H19N5O3. The number of amides is 2. The number of hydrogen-bond acceptors (Lipinski definition) is 5. The Labute approximate surface area is 139 Å². The second-order valence-corrected chi connectivity index (χ2v) is 5.73. The molecule has 8 heteroatoms. The number of rotatable bonds is 5. The molecule has 1 atom stereocenters. The summed E-state index contributed by atoms with van der Waals surface area (Å²) in [6.45, 7) is 2.34. The van der Waals surface area contributed by atoms with E-state index in [2.05, 4.69) is 15.6 Å². The van der Waals surface area contributed by atoms with Gasteiger partial charge in [0.2, 0.25) is 11.8 Å². The maximum atomic E-state index is 12.2. The fourth-order valence-electron chi connectivity index (χ4n) is 2.73. The normalized spacial score (nSPS) is 17.2. The Morgan fingerprint density at radius 1 is 1.46 bits per heavy atom. The van der Waals surface area contributed by atoms with E-state index in [0.29, 0.717) is 12.3 Å². The molecule has 3 rings (SSSR count). The van der Waals surface area contributed by atoms with E-state index in [1.807, 2.05) is 25.1 Å². The minimum absolute atomic E-state index is 0.0230. The summed E-state index contributed by atoms with van der Waals surface area (Å²) in [4.78, 5) is 26.0. The van der Waals surface area contributed by atoms with Gasteiger partial charge in [0, 0.05) is 30.9 Å². The molecule has 1 aliphatic rings. The second-order valence-electron chi connectivity index (χ2n) is 5.73. The first-order valence-corrected chi connectivity index (χ1v) is 7.65. The minimum Gasteiger partial charge on any atom is -0.497 e. The number of hydrogen-bond donors (Lipinski definition) is 1. The highest BCUT2D eigenvalue weighted by Crippen LogP contribution is 2.25. The molecule has 2 amide bonds. The molecule has 0 spiro atoms. The Kier molecular flexibility index (Phi) is 4.45. The van der Waals surface area contributed by atoms with E-state index in [0.717, 1.165) is 11.4 Å². The average Bonchev–Trinajstić information content (AvgIpc) is 3.12. The van der Waals surface area contributed by atoms with Crippen LogP contribution < -0.4 is 15.0 Å². The van der Waals surface area contributed by atoms with Crippen LogP contribution in [-0.4, -0.2) is 46.5 Å². The van der Waals surface area contributed by atoms with Crippen LogP contribution in [0.3, 0.4) is 0 Å². The van der Waals surface area contributed by atoms with Crippen LogP contribution >= 0.6 is 0 Å². The molecule has 1 aromatic heterocycles. The molecule has 2 aromatic rings. The number of nitrogens with zero attached hydrogens (tertiary/aromatic N) is 4. The van der Waals surface area contributed by atoms with Crippen molar-refractivity contribution in [3.05, 3.63) is 36.2 Å². The first kappa shape index (κ1) is 16.0. The molecule has 24 heavy (non-hydrogen) atoms. The van der Waals surface area contributed by atoms with Crippen molar-refractivity contribution in [2.24, 2.45) is 0 Å². The largest absolute Gasteiger partial charge is 0.497 e. The second kappa shape index (κ2) is 6.69. The third-order valence-corrected chi connectivity index (χ3v) is 3.81. The molecule has 2 heterocycles. The monoisotopic (exact) mass is 329 g/mol. The van der Waals surface area contributed by atoms with Crippen LogP contribution in [0.2, 0.25) is 0 Å². The molecule has 1 unspecified atom stereocenters. The molecule has 1 saturated heterocycles. The van der Waals surface area contributed by atoms with Gasteiger partial charge in [0.25, 0.3) is 0 Å². The molecule has 1 aliphatic heterocycles. The van der Waals surface area contributed by atoms with E-state index in [1.54, 1.807) is 24.3 Å². The lowest BCUT2D eigenvalue weighted by molar-refractivity contribution is -0.122. The molecule has 0 bridgehead atoms. The summed E-state index contributed by atoms with van der Waals surface area (Å²) in [6, 6.07) is 7.09. The Morgan fingerprint density at radius 3 is 3.00 bits per heavy atom. The van der Waals surface area contributed by atoms with Crippen molar-refractivity contribution in [2.45, 2.75) is 25.9 Å². The molecule has 0 aliphatic carbocycles. The van der Waals surface area contributed by atoms with E-state index in [-0.39, 0.29) is 30.8 Å². The van der Waals surface area contributed by atoms with E-state index < -0.39 is 0 Å². The Bertz CT molecular complexity index is 758. The summed E-state index contributed by atoms with van der Waals surface area (Å²) in [5.41, 5.74) is 1.52. The highest BCUT2D eigenvalue weighted by atomic mass is 16.5. The van der Waals surface area contributed by atoms with E-state index in [1.165, 1.54) is 4.68 Å². The van der Waals surface area contributed by atoms with Gasteiger partial charge < -0.3 is 15.0 Å². The summed E-state index contributed by atoms with van der Waals surface area (Å²) in [5, 5.41) is 10.6. The zero-order chi connectivity index (χ0) is 17.1. The molecule has 126 valence electrons. The van der Waals surface area contributed by atoms with E-state index in [9.17, 15) is 9.59 Å². The van der Waals surface area contributed by atoms with Crippen molar-refractivity contribution in [3.8, 4) is 5.75 Å². The van der Waals surface area contributed by atoms with Crippen molar-refractivity contribution >= 4 is 17.5 Å². The van der Waals surface area contributed by atoms with Crippen LogP contribution in [0.5, 0.6) is 5.75 Å². The van der Waals surface area contributed by atoms with E-state index >= 15 is 0 Å². The summed E-state index contributed by atoms with van der Waals surface area (Å²) in [7, 11) is 1.58. The highest BCUT2D eigenvalue weighted by Gasteiger charge is 2.31. The smallest absolute Gasteiger partial charge is 0.242 e. The number of benzene rings is 1. The number of aromatic nitrogens is 3. The van der Waals surface area contributed by atoms with E-state index in [4.69, 9.17) is 4.74 Å². The van der Waals surface area contributed by atoms with Crippen LogP contribution in [0, 0.1) is 6.92 Å². The lowest BCUT2D eigenvalue weighted by Gasteiger charge is -2.18. The first-order chi connectivity index (χ1) is 11.5. The van der Waals surface area contributed by atoms with Crippen molar-refractivity contribution in [2.75, 3.05) is 18.6 Å².